The molecule has 4 rings (SSSR count). The van der Waals surface area contributed by atoms with Crippen LogP contribution >= 0.6 is 0 Å². The fraction of sp³-hybridized carbons (Fsp3) is 0.467. The van der Waals surface area contributed by atoms with Gasteiger partial charge < -0.3 is 24.8 Å². The van der Waals surface area contributed by atoms with Crippen molar-refractivity contribution in [1.82, 2.24) is 20.0 Å². The van der Waals surface area contributed by atoms with Crippen molar-refractivity contribution in [3.63, 3.8) is 0 Å². The van der Waals surface area contributed by atoms with Crippen LogP contribution in [0, 0.1) is 13.8 Å². The average molecular weight is 509 g/mol. The maximum atomic E-state index is 10.6. The molecule has 7 nitrogen and oxygen atoms in total. The van der Waals surface area contributed by atoms with E-state index in [1.54, 1.807) is 0 Å². The van der Waals surface area contributed by atoms with Gasteiger partial charge in [0.15, 0.2) is 11.9 Å². The Morgan fingerprint density at radius 1 is 0.973 bits per heavy atom. The number of ether oxygens (including phenoxy) is 1. The van der Waals surface area contributed by atoms with Crippen LogP contribution in [0.2, 0.25) is 0 Å². The Morgan fingerprint density at radius 2 is 1.70 bits per heavy atom. The lowest BCUT2D eigenvalue weighted by Crippen LogP contribution is -2.34. The zero-order valence-corrected chi connectivity index (χ0v) is 23.4. The summed E-state index contributed by atoms with van der Waals surface area (Å²) in [5.74, 6) is -0.207. The quantitative estimate of drug-likeness (QED) is 0.397. The number of aromatic nitrogens is 1. The number of rotatable bonds is 9. The lowest BCUT2D eigenvalue weighted by atomic mass is 10.1. The van der Waals surface area contributed by atoms with E-state index in [0.29, 0.717) is 6.61 Å². The molecule has 0 unspecified atom stereocenters. The van der Waals surface area contributed by atoms with Gasteiger partial charge in [-0.15, -0.1) is 0 Å². The molecule has 7 heteroatoms. The number of carbonyl (C=O) groups is 1. The minimum Gasteiger partial charge on any atom is -0.464 e. The third-order valence-corrected chi connectivity index (χ3v) is 6.05. The van der Waals surface area contributed by atoms with E-state index >= 15 is 0 Å². The Hall–Kier alpha value is -3.48. The number of carbonyl (C=O) groups excluding carboxylic acids is 1. The van der Waals surface area contributed by atoms with Crippen molar-refractivity contribution in [2.75, 3.05) is 33.0 Å². The Bertz CT molecular complexity index is 974. The summed E-state index contributed by atoms with van der Waals surface area (Å²) in [4.78, 5) is 17.2. The van der Waals surface area contributed by atoms with Crippen LogP contribution in [-0.2, 0) is 22.6 Å². The number of pyridine rings is 1. The lowest BCUT2D eigenvalue weighted by molar-refractivity contribution is -0.699. The number of nitrogens with zero attached hydrogens (tertiary/aromatic N) is 4. The van der Waals surface area contributed by atoms with Gasteiger partial charge in [-0.1, -0.05) is 49.2 Å². The van der Waals surface area contributed by atoms with Crippen molar-refractivity contribution in [3.05, 3.63) is 90.3 Å². The molecule has 37 heavy (non-hydrogen) atoms. The number of unbranched alkanes of at least 4 members (excludes halogenated alkanes) is 1. The van der Waals surface area contributed by atoms with Gasteiger partial charge in [-0.25, -0.2) is 4.57 Å². The molecule has 0 aliphatic carbocycles. The van der Waals surface area contributed by atoms with Crippen LogP contribution in [0.25, 0.3) is 0 Å². The highest BCUT2D eigenvalue weighted by atomic mass is 16.5. The van der Waals surface area contributed by atoms with Gasteiger partial charge in [0, 0.05) is 63.9 Å². The van der Waals surface area contributed by atoms with Gasteiger partial charge in [0.25, 0.3) is 0 Å². The Kier molecular flexibility index (Phi) is 13.7. The highest BCUT2D eigenvalue weighted by Gasteiger charge is 2.11. The number of hydrogen-bond donors (Lipinski definition) is 1. The molecular weight excluding hydrogens is 462 g/mol. The summed E-state index contributed by atoms with van der Waals surface area (Å²) in [7, 11) is 0. The van der Waals surface area contributed by atoms with E-state index in [1.807, 2.05) is 6.20 Å². The van der Waals surface area contributed by atoms with Crippen LogP contribution in [0.15, 0.2) is 73.5 Å². The second-order valence-electron chi connectivity index (χ2n) is 9.30. The zero-order valence-electron chi connectivity index (χ0n) is 23.4. The van der Waals surface area contributed by atoms with Crippen molar-refractivity contribution in [2.24, 2.45) is 0 Å². The molecule has 0 saturated heterocycles. The van der Waals surface area contributed by atoms with Gasteiger partial charge in [-0.3, -0.25) is 4.79 Å². The van der Waals surface area contributed by atoms with Gasteiger partial charge in [-0.05, 0) is 25.8 Å². The molecule has 1 N–H and O–H groups in total. The molecule has 0 radical (unpaired) electrons. The molecule has 0 spiro atoms. The zero-order chi connectivity index (χ0) is 26.9. The second-order valence-corrected chi connectivity index (χ2v) is 9.30. The Labute approximate surface area is 224 Å². The Balaban J connectivity index is 0.000000201. The molecule has 202 valence electrons. The first-order valence-corrected chi connectivity index (χ1v) is 13.4. The van der Waals surface area contributed by atoms with Gasteiger partial charge in [0.1, 0.15) is 13.2 Å². The molecule has 0 fully saturated rings. The predicted molar refractivity (Wildman–Crippen MR) is 150 cm³/mol. The number of esters is 1. The summed E-state index contributed by atoms with van der Waals surface area (Å²) in [5.41, 5.74) is 4.00. The number of hydrogen-bond acceptors (Lipinski definition) is 6. The maximum absolute atomic E-state index is 10.6. The number of aryl methyl sites for hydroxylation is 3. The molecule has 0 saturated carbocycles. The van der Waals surface area contributed by atoms with Crippen LogP contribution in [-0.4, -0.2) is 53.7 Å². The molecule has 2 aliphatic heterocycles. The van der Waals surface area contributed by atoms with E-state index in [0.717, 1.165) is 39.5 Å². The highest BCUT2D eigenvalue weighted by Crippen LogP contribution is 2.08. The first kappa shape index (κ1) is 29.7. The van der Waals surface area contributed by atoms with Crippen LogP contribution in [0.5, 0.6) is 0 Å². The molecule has 0 atom stereocenters. The Morgan fingerprint density at radius 3 is 2.27 bits per heavy atom. The summed E-state index contributed by atoms with van der Waals surface area (Å²) >= 11 is 0. The van der Waals surface area contributed by atoms with E-state index in [2.05, 4.69) is 120 Å². The van der Waals surface area contributed by atoms with Crippen LogP contribution in [0.3, 0.4) is 0 Å². The predicted octanol–water partition coefficient (Wildman–Crippen LogP) is 4.53. The SMILES string of the molecule is CCCCN1C=CN(CCOC(C)=O)C1.CC[n+]1ccccc1C.Cc1ccc(CN2C=CNC2)cc1. The fourth-order valence-electron chi connectivity index (χ4n) is 3.81. The van der Waals surface area contributed by atoms with Gasteiger partial charge in [-0.2, -0.15) is 0 Å². The van der Waals surface area contributed by atoms with Crippen molar-refractivity contribution >= 4 is 5.97 Å². The van der Waals surface area contributed by atoms with E-state index in [9.17, 15) is 4.79 Å². The fourth-order valence-corrected chi connectivity index (χ4v) is 3.81. The van der Waals surface area contributed by atoms with Crippen molar-refractivity contribution < 1.29 is 14.1 Å². The molecule has 0 amide bonds. The second kappa shape index (κ2) is 17.1. The van der Waals surface area contributed by atoms with Gasteiger partial charge in [0.05, 0.1) is 19.9 Å². The smallest absolute Gasteiger partial charge is 0.302 e. The molecule has 0 bridgehead atoms. The largest absolute Gasteiger partial charge is 0.464 e. The number of benzene rings is 1. The standard InChI is InChI=1S/C11H20N2O2.C11H14N2.C8H12N/c1-3-4-5-12-6-7-13(10-12)8-9-15-11(2)14;1-10-2-4-11(5-3-10)8-13-7-6-12-9-13;1-3-9-7-5-4-6-8(9)2/h6-7H,3-5,8-10H2,1-2H3;2-7,12H,8-9H2,1H3;4-7H,3H2,1-2H3/q;;+1. The van der Waals surface area contributed by atoms with Crippen molar-refractivity contribution in [3.8, 4) is 0 Å². The van der Waals surface area contributed by atoms with Gasteiger partial charge >= 0.3 is 5.97 Å². The van der Waals surface area contributed by atoms with Crippen LogP contribution in [0.4, 0.5) is 0 Å². The minimum absolute atomic E-state index is 0.207. The van der Waals surface area contributed by atoms with Gasteiger partial charge in [0.2, 0.25) is 0 Å². The lowest BCUT2D eigenvalue weighted by Gasteiger charge is -2.20. The van der Waals surface area contributed by atoms with Crippen molar-refractivity contribution in [1.29, 1.82) is 0 Å². The summed E-state index contributed by atoms with van der Waals surface area (Å²) in [5, 5.41) is 3.15. The molecule has 3 heterocycles. The first-order chi connectivity index (χ1) is 17.9. The first-order valence-electron chi connectivity index (χ1n) is 13.4. The maximum Gasteiger partial charge on any atom is 0.302 e. The van der Waals surface area contributed by atoms with Crippen LogP contribution < -0.4 is 9.88 Å². The van der Waals surface area contributed by atoms with Crippen LogP contribution in [0.1, 0.15) is 50.4 Å². The summed E-state index contributed by atoms with van der Waals surface area (Å²) < 4.78 is 7.10. The molecule has 1 aromatic carbocycles. The third-order valence-electron chi connectivity index (χ3n) is 6.05. The molecular formula is C30H46N5O2+. The average Bonchev–Trinajstić information content (AvgIpc) is 3.57. The monoisotopic (exact) mass is 508 g/mol. The molecule has 1 aromatic heterocycles. The summed E-state index contributed by atoms with van der Waals surface area (Å²) in [6, 6.07) is 14.9. The third kappa shape index (κ3) is 12.4. The van der Waals surface area contributed by atoms with E-state index < -0.39 is 0 Å². The summed E-state index contributed by atoms with van der Waals surface area (Å²) in [6.45, 7) is 16.3. The molecule has 2 aliphatic rings. The van der Waals surface area contributed by atoms with Crippen molar-refractivity contribution in [2.45, 2.75) is 60.5 Å². The highest BCUT2D eigenvalue weighted by molar-refractivity contribution is 5.65. The molecule has 2 aromatic rings. The normalized spacial score (nSPS) is 13.5. The number of nitrogens with one attached hydrogen (secondary N) is 1. The summed E-state index contributed by atoms with van der Waals surface area (Å²) in [6.07, 6.45) is 12.8. The van der Waals surface area contributed by atoms with E-state index in [-0.39, 0.29) is 5.97 Å². The van der Waals surface area contributed by atoms with E-state index in [1.165, 1.54) is 36.6 Å². The van der Waals surface area contributed by atoms with E-state index in [4.69, 9.17) is 4.74 Å². The minimum atomic E-state index is -0.207. The topological polar surface area (TPSA) is 51.9 Å².